The molecule has 2 N–H and O–H groups in total. The quantitative estimate of drug-likeness (QED) is 0.426. The lowest BCUT2D eigenvalue weighted by atomic mass is 10.1. The summed E-state index contributed by atoms with van der Waals surface area (Å²) in [6.45, 7) is 2.11. The Kier molecular flexibility index (Phi) is 4.95. The second-order valence-corrected chi connectivity index (χ2v) is 9.24. The summed E-state index contributed by atoms with van der Waals surface area (Å²) in [4.78, 5) is 21.9. The number of benzene rings is 1. The molecule has 6 rings (SSSR count). The Morgan fingerprint density at radius 1 is 1.26 bits per heavy atom. The van der Waals surface area contributed by atoms with Crippen LogP contribution in [-0.2, 0) is 0 Å². The lowest BCUT2D eigenvalue weighted by Gasteiger charge is -2.10. The van der Waals surface area contributed by atoms with Crippen LogP contribution in [0.2, 0.25) is 0 Å². The van der Waals surface area contributed by atoms with Crippen LogP contribution in [0.15, 0.2) is 47.2 Å². The summed E-state index contributed by atoms with van der Waals surface area (Å²) < 4.78 is 20.3. The molecule has 4 atom stereocenters. The van der Waals surface area contributed by atoms with E-state index < -0.39 is 6.17 Å². The Balaban J connectivity index is 1.22. The highest BCUT2D eigenvalue weighted by Gasteiger charge is 2.43. The molecule has 3 heterocycles. The minimum atomic E-state index is -0.908. The summed E-state index contributed by atoms with van der Waals surface area (Å²) in [5.74, 6) is 1.08. The highest BCUT2D eigenvalue weighted by Crippen LogP contribution is 2.49. The largest absolute Gasteiger partial charge is 0.396 e. The van der Waals surface area contributed by atoms with Gasteiger partial charge in [-0.3, -0.25) is 9.20 Å². The molecule has 2 saturated carbocycles. The van der Waals surface area contributed by atoms with Crippen molar-refractivity contribution >= 4 is 17.2 Å². The lowest BCUT2D eigenvalue weighted by molar-refractivity contribution is 0.102. The molecule has 9 heteroatoms. The molecule has 1 aromatic carbocycles. The number of imidazole rings is 1. The van der Waals surface area contributed by atoms with E-state index in [0.717, 1.165) is 18.4 Å². The first-order valence-electron chi connectivity index (χ1n) is 11.5. The Bertz CT molecular complexity index is 1400. The predicted octanol–water partition coefficient (Wildman–Crippen LogP) is 4.26. The van der Waals surface area contributed by atoms with E-state index in [0.29, 0.717) is 52.6 Å². The number of pyridine rings is 1. The first-order valence-corrected chi connectivity index (χ1v) is 11.5. The van der Waals surface area contributed by atoms with Crippen molar-refractivity contribution < 1.29 is 18.8 Å². The fourth-order valence-electron chi connectivity index (χ4n) is 4.54. The van der Waals surface area contributed by atoms with Crippen LogP contribution in [-0.4, -0.2) is 43.3 Å². The Labute approximate surface area is 194 Å². The van der Waals surface area contributed by atoms with Gasteiger partial charge in [0.15, 0.2) is 0 Å². The number of nitrogens with zero attached hydrogens (tertiary/aromatic N) is 4. The molecule has 34 heavy (non-hydrogen) atoms. The second kappa shape index (κ2) is 8.02. The van der Waals surface area contributed by atoms with Crippen molar-refractivity contribution in [2.75, 3.05) is 11.9 Å². The zero-order valence-corrected chi connectivity index (χ0v) is 18.6. The van der Waals surface area contributed by atoms with Crippen LogP contribution in [0, 0.1) is 12.8 Å². The van der Waals surface area contributed by atoms with Crippen molar-refractivity contribution in [1.29, 1.82) is 0 Å². The van der Waals surface area contributed by atoms with Gasteiger partial charge in [-0.15, -0.1) is 0 Å². The summed E-state index contributed by atoms with van der Waals surface area (Å²) in [5, 5.41) is 16.1. The molecule has 0 radical (unpaired) electrons. The number of hydrogen-bond acceptors (Lipinski definition) is 6. The van der Waals surface area contributed by atoms with Crippen molar-refractivity contribution in [2.45, 2.75) is 44.2 Å². The number of carbonyl (C=O) groups is 1. The van der Waals surface area contributed by atoms with Gasteiger partial charge in [0.05, 0.1) is 12.1 Å². The number of halogens is 1. The molecule has 1 amide bonds. The number of amides is 1. The van der Waals surface area contributed by atoms with Crippen molar-refractivity contribution in [1.82, 2.24) is 19.5 Å². The van der Waals surface area contributed by atoms with Gasteiger partial charge in [0, 0.05) is 24.1 Å². The number of rotatable bonds is 7. The topological polar surface area (TPSA) is 106 Å². The van der Waals surface area contributed by atoms with Gasteiger partial charge in [0.2, 0.25) is 11.7 Å². The van der Waals surface area contributed by atoms with Gasteiger partial charge in [-0.05, 0) is 67.3 Å². The molecule has 8 nitrogen and oxygen atoms in total. The Morgan fingerprint density at radius 2 is 2.12 bits per heavy atom. The van der Waals surface area contributed by atoms with Crippen LogP contribution in [0.1, 0.15) is 58.6 Å². The maximum absolute atomic E-state index is 13.3. The maximum Gasteiger partial charge on any atom is 0.274 e. The standard InChI is InChI=1S/C25H24FN5O3/c1-13-2-3-16(23-29-25(34-30-23)18-11-19(18)26)9-20(13)28-24(33)21-12-27-22-10-14(4-6-31(21)22)17-8-15(17)5-7-32/h2-4,6,9-10,12,15,17-19,32H,5,7-8,11H2,1H3,(H,28,33)/t15-,17+,18+,19+/m1/s1. The highest BCUT2D eigenvalue weighted by molar-refractivity contribution is 6.04. The van der Waals surface area contributed by atoms with E-state index in [-0.39, 0.29) is 18.4 Å². The van der Waals surface area contributed by atoms with Crippen LogP contribution < -0.4 is 5.32 Å². The van der Waals surface area contributed by atoms with Crippen molar-refractivity contribution in [3.8, 4) is 11.4 Å². The maximum atomic E-state index is 13.3. The summed E-state index contributed by atoms with van der Waals surface area (Å²) in [6.07, 6.45) is 4.85. The number of aliphatic hydroxyl groups is 1. The smallest absolute Gasteiger partial charge is 0.274 e. The summed E-state index contributed by atoms with van der Waals surface area (Å²) in [6, 6.07) is 9.54. The summed E-state index contributed by atoms with van der Waals surface area (Å²) in [5.41, 5.74) is 4.52. The highest BCUT2D eigenvalue weighted by atomic mass is 19.1. The molecular weight excluding hydrogens is 437 g/mol. The van der Waals surface area contributed by atoms with Crippen molar-refractivity contribution in [2.24, 2.45) is 5.92 Å². The monoisotopic (exact) mass is 461 g/mol. The van der Waals surface area contributed by atoms with Crippen LogP contribution in [0.25, 0.3) is 17.0 Å². The zero-order valence-electron chi connectivity index (χ0n) is 18.6. The molecular formula is C25H24FN5O3. The normalized spacial score (nSPS) is 23.3. The van der Waals surface area contributed by atoms with Crippen molar-refractivity contribution in [3.63, 3.8) is 0 Å². The van der Waals surface area contributed by atoms with Crippen LogP contribution in [0.5, 0.6) is 0 Å². The zero-order chi connectivity index (χ0) is 23.4. The van der Waals surface area contributed by atoms with Crippen LogP contribution >= 0.6 is 0 Å². The molecule has 3 aromatic heterocycles. The van der Waals surface area contributed by atoms with Gasteiger partial charge in [-0.25, -0.2) is 9.37 Å². The van der Waals surface area contributed by atoms with Gasteiger partial charge in [-0.2, -0.15) is 4.98 Å². The second-order valence-electron chi connectivity index (χ2n) is 9.24. The Morgan fingerprint density at radius 3 is 2.91 bits per heavy atom. The molecule has 2 aliphatic rings. The molecule has 0 unspecified atom stereocenters. The molecule has 0 aliphatic heterocycles. The van der Waals surface area contributed by atoms with Crippen molar-refractivity contribution in [3.05, 3.63) is 65.4 Å². The number of alkyl halides is 1. The fraction of sp³-hybridized carbons (Fsp3) is 0.360. The Hall–Kier alpha value is -3.59. The molecule has 2 fully saturated rings. The number of carbonyl (C=O) groups excluding carboxylic acids is 1. The third kappa shape index (κ3) is 3.75. The predicted molar refractivity (Wildman–Crippen MR) is 122 cm³/mol. The van der Waals surface area contributed by atoms with Gasteiger partial charge in [0.1, 0.15) is 17.5 Å². The molecule has 0 saturated heterocycles. The molecule has 174 valence electrons. The number of aromatic nitrogens is 4. The van der Waals surface area contributed by atoms with Gasteiger partial charge in [0.25, 0.3) is 5.91 Å². The minimum Gasteiger partial charge on any atom is -0.396 e. The van der Waals surface area contributed by atoms with E-state index >= 15 is 0 Å². The summed E-state index contributed by atoms with van der Waals surface area (Å²) >= 11 is 0. The number of aryl methyl sites for hydroxylation is 1. The van der Waals surface area contributed by atoms with Crippen LogP contribution in [0.3, 0.4) is 0 Å². The first-order chi connectivity index (χ1) is 16.5. The van der Waals surface area contributed by atoms with E-state index in [9.17, 15) is 9.18 Å². The van der Waals surface area contributed by atoms with Gasteiger partial charge < -0.3 is 14.9 Å². The van der Waals surface area contributed by atoms with E-state index in [1.165, 1.54) is 5.56 Å². The van der Waals surface area contributed by atoms with Gasteiger partial charge >= 0.3 is 0 Å². The third-order valence-electron chi connectivity index (χ3n) is 6.84. The van der Waals surface area contributed by atoms with Gasteiger partial charge in [-0.1, -0.05) is 17.3 Å². The SMILES string of the molecule is Cc1ccc(-c2noc([C@H]3C[C@@H]3F)n2)cc1NC(=O)c1cnc2cc([C@@H]3C[C@H]3CCO)ccn12. The van der Waals surface area contributed by atoms with E-state index in [1.54, 1.807) is 16.7 Å². The lowest BCUT2D eigenvalue weighted by Crippen LogP contribution is -2.15. The minimum absolute atomic E-state index is 0.213. The van der Waals surface area contributed by atoms with E-state index in [1.807, 2.05) is 37.4 Å². The molecule has 0 spiro atoms. The number of nitrogens with one attached hydrogen (secondary N) is 1. The van der Waals surface area contributed by atoms with E-state index in [2.05, 4.69) is 20.4 Å². The summed E-state index contributed by atoms with van der Waals surface area (Å²) in [7, 11) is 0. The number of aliphatic hydroxyl groups excluding tert-OH is 1. The molecule has 0 bridgehead atoms. The molecule has 4 aromatic rings. The number of fused-ring (bicyclic) bond motifs is 1. The molecule has 2 aliphatic carbocycles. The van der Waals surface area contributed by atoms with Crippen LogP contribution in [0.4, 0.5) is 10.1 Å². The first kappa shape index (κ1) is 21.0. The van der Waals surface area contributed by atoms with E-state index in [4.69, 9.17) is 9.63 Å². The average molecular weight is 461 g/mol. The third-order valence-corrected chi connectivity index (χ3v) is 6.84. The fourth-order valence-corrected chi connectivity index (χ4v) is 4.54. The average Bonchev–Trinajstić information content (AvgIpc) is 3.64. The number of anilines is 1. The number of hydrogen-bond donors (Lipinski definition) is 2.